The Labute approximate surface area is 168 Å². The highest BCUT2D eigenvalue weighted by molar-refractivity contribution is 8.14. The fourth-order valence-corrected chi connectivity index (χ4v) is 4.23. The molecule has 0 unspecified atom stereocenters. The smallest absolute Gasteiger partial charge is 0.273 e. The molecular weight excluding hydrogens is 376 g/mol. The summed E-state index contributed by atoms with van der Waals surface area (Å²) in [6.45, 7) is 4.78. The van der Waals surface area contributed by atoms with Crippen molar-refractivity contribution >= 4 is 28.5 Å². The van der Waals surface area contributed by atoms with E-state index < -0.39 is 6.10 Å². The van der Waals surface area contributed by atoms with Gasteiger partial charge >= 0.3 is 0 Å². The molecular formula is C21H22N2O4S. The van der Waals surface area contributed by atoms with E-state index in [1.54, 1.807) is 16.7 Å². The molecule has 146 valence electrons. The Morgan fingerprint density at radius 1 is 1.21 bits per heavy atom. The molecule has 1 saturated heterocycles. The third-order valence-corrected chi connectivity index (χ3v) is 5.69. The van der Waals surface area contributed by atoms with Crippen LogP contribution < -0.4 is 14.2 Å². The van der Waals surface area contributed by atoms with Crippen LogP contribution in [0.5, 0.6) is 17.2 Å². The Morgan fingerprint density at radius 2 is 1.96 bits per heavy atom. The quantitative estimate of drug-likeness (QED) is 0.782. The lowest BCUT2D eigenvalue weighted by molar-refractivity contribution is -0.137. The number of hydrogen-bond donors (Lipinski definition) is 0. The Balaban J connectivity index is 1.53. The van der Waals surface area contributed by atoms with Crippen molar-refractivity contribution in [1.82, 2.24) is 4.90 Å². The lowest BCUT2D eigenvalue weighted by atomic mass is 10.2. The fourth-order valence-electron chi connectivity index (χ4n) is 3.12. The van der Waals surface area contributed by atoms with Crippen LogP contribution in [0.25, 0.3) is 0 Å². The van der Waals surface area contributed by atoms with Gasteiger partial charge in [-0.25, -0.2) is 4.99 Å². The summed E-state index contributed by atoms with van der Waals surface area (Å²) in [4.78, 5) is 19.6. The highest BCUT2D eigenvalue weighted by Gasteiger charge is 2.39. The topological polar surface area (TPSA) is 60.4 Å². The predicted octanol–water partition coefficient (Wildman–Crippen LogP) is 3.88. The molecule has 0 aliphatic carbocycles. The van der Waals surface area contributed by atoms with E-state index in [9.17, 15) is 4.79 Å². The van der Waals surface area contributed by atoms with E-state index in [1.807, 2.05) is 62.4 Å². The Kier molecular flexibility index (Phi) is 5.43. The maximum atomic E-state index is 13.2. The third kappa shape index (κ3) is 3.80. The summed E-state index contributed by atoms with van der Waals surface area (Å²) in [5.74, 6) is 2.73. The number of rotatable bonds is 4. The van der Waals surface area contributed by atoms with Gasteiger partial charge in [0.2, 0.25) is 6.10 Å². The minimum absolute atomic E-state index is 0.0414. The monoisotopic (exact) mass is 398 g/mol. The molecule has 7 heteroatoms. The molecule has 0 aromatic heterocycles. The number of hydrogen-bond acceptors (Lipinski definition) is 6. The van der Waals surface area contributed by atoms with Crippen molar-refractivity contribution < 1.29 is 19.0 Å². The summed E-state index contributed by atoms with van der Waals surface area (Å²) in [5.41, 5.74) is 0.781. The van der Waals surface area contributed by atoms with Crippen LogP contribution in [0.3, 0.4) is 0 Å². The molecule has 0 spiro atoms. The molecule has 0 radical (unpaired) electrons. The average molecular weight is 398 g/mol. The van der Waals surface area contributed by atoms with Crippen LogP contribution in [0.15, 0.2) is 53.5 Å². The van der Waals surface area contributed by atoms with Crippen molar-refractivity contribution in [3.05, 3.63) is 48.5 Å². The standard InChI is InChI=1S/C21H22N2O4S/c1-3-25-16-10-8-15(9-11-16)22-21-23(14(2)13-28-21)20(24)19-12-26-17-6-4-5-7-18(17)27-19/h4-11,14,19H,3,12-13H2,1-2H3/t14-,19+/m0/s1. The van der Waals surface area contributed by atoms with Gasteiger partial charge in [-0.3, -0.25) is 9.69 Å². The molecule has 0 N–H and O–H groups in total. The van der Waals surface area contributed by atoms with Gasteiger partial charge in [-0.05, 0) is 50.2 Å². The molecule has 28 heavy (non-hydrogen) atoms. The second kappa shape index (κ2) is 8.14. The molecule has 0 bridgehead atoms. The van der Waals surface area contributed by atoms with Gasteiger partial charge in [-0.1, -0.05) is 23.9 Å². The lowest BCUT2D eigenvalue weighted by Crippen LogP contribution is -2.49. The number of fused-ring (bicyclic) bond motifs is 1. The number of amidine groups is 1. The largest absolute Gasteiger partial charge is 0.494 e. The SMILES string of the molecule is CCOc1ccc(N=C2SC[C@H](C)N2C(=O)[C@H]2COc3ccccc3O2)cc1. The summed E-state index contributed by atoms with van der Waals surface area (Å²) in [6, 6.07) is 15.0. The van der Waals surface area contributed by atoms with Crippen molar-refractivity contribution in [2.75, 3.05) is 19.0 Å². The van der Waals surface area contributed by atoms with Crippen LogP contribution >= 0.6 is 11.8 Å². The van der Waals surface area contributed by atoms with E-state index in [2.05, 4.69) is 4.99 Å². The summed E-state index contributed by atoms with van der Waals surface area (Å²) < 4.78 is 17.1. The van der Waals surface area contributed by atoms with Crippen molar-refractivity contribution in [1.29, 1.82) is 0 Å². The summed E-state index contributed by atoms with van der Waals surface area (Å²) in [5, 5.41) is 0.684. The molecule has 0 saturated carbocycles. The van der Waals surface area contributed by atoms with Crippen molar-refractivity contribution in [2.45, 2.75) is 26.0 Å². The number of nitrogens with zero attached hydrogens (tertiary/aromatic N) is 2. The van der Waals surface area contributed by atoms with Gasteiger partial charge < -0.3 is 14.2 Å². The zero-order valence-electron chi connectivity index (χ0n) is 15.8. The van der Waals surface area contributed by atoms with Crippen LogP contribution in [0, 0.1) is 0 Å². The molecule has 2 aromatic rings. The van der Waals surface area contributed by atoms with Gasteiger partial charge in [0.1, 0.15) is 12.4 Å². The number of carbonyl (C=O) groups excluding carboxylic acids is 1. The molecule has 1 amide bonds. The first-order chi connectivity index (χ1) is 13.7. The van der Waals surface area contributed by atoms with Crippen molar-refractivity contribution in [2.24, 2.45) is 4.99 Å². The van der Waals surface area contributed by atoms with Crippen LogP contribution in [0.1, 0.15) is 13.8 Å². The van der Waals surface area contributed by atoms with Gasteiger partial charge in [0, 0.05) is 11.8 Å². The third-order valence-electron chi connectivity index (χ3n) is 4.49. The zero-order chi connectivity index (χ0) is 19.5. The molecule has 2 aliphatic heterocycles. The Hall–Kier alpha value is -2.67. The molecule has 2 aromatic carbocycles. The number of benzene rings is 2. The lowest BCUT2D eigenvalue weighted by Gasteiger charge is -2.30. The minimum atomic E-state index is -0.679. The van der Waals surface area contributed by atoms with E-state index in [0.29, 0.717) is 23.3 Å². The van der Waals surface area contributed by atoms with Gasteiger partial charge in [0.15, 0.2) is 16.7 Å². The molecule has 6 nitrogen and oxygen atoms in total. The number of amides is 1. The van der Waals surface area contributed by atoms with Gasteiger partial charge in [0.25, 0.3) is 5.91 Å². The van der Waals surface area contributed by atoms with Crippen LogP contribution in [-0.4, -0.2) is 47.1 Å². The maximum Gasteiger partial charge on any atom is 0.273 e. The second-order valence-electron chi connectivity index (χ2n) is 6.55. The van der Waals surface area contributed by atoms with E-state index in [-0.39, 0.29) is 18.6 Å². The van der Waals surface area contributed by atoms with Crippen LogP contribution in [0.2, 0.25) is 0 Å². The Bertz CT molecular complexity index is 884. The maximum absolute atomic E-state index is 13.2. The normalized spacial score (nSPS) is 22.4. The summed E-state index contributed by atoms with van der Waals surface area (Å²) >= 11 is 1.57. The predicted molar refractivity (Wildman–Crippen MR) is 110 cm³/mol. The van der Waals surface area contributed by atoms with Gasteiger partial charge in [-0.2, -0.15) is 0 Å². The average Bonchev–Trinajstić information content (AvgIpc) is 3.08. The summed E-state index contributed by atoms with van der Waals surface area (Å²) in [7, 11) is 0. The number of ether oxygens (including phenoxy) is 3. The van der Waals surface area contributed by atoms with Crippen molar-refractivity contribution in [3.8, 4) is 17.2 Å². The minimum Gasteiger partial charge on any atom is -0.494 e. The number of para-hydroxylation sites is 2. The first-order valence-corrected chi connectivity index (χ1v) is 10.3. The summed E-state index contributed by atoms with van der Waals surface area (Å²) in [6.07, 6.45) is -0.679. The van der Waals surface area contributed by atoms with Gasteiger partial charge in [0.05, 0.1) is 12.3 Å². The van der Waals surface area contributed by atoms with E-state index in [4.69, 9.17) is 14.2 Å². The van der Waals surface area contributed by atoms with Crippen LogP contribution in [-0.2, 0) is 4.79 Å². The molecule has 2 aliphatic rings. The first kappa shape index (κ1) is 18.7. The molecule has 4 rings (SSSR count). The number of carbonyl (C=O) groups is 1. The molecule has 1 fully saturated rings. The zero-order valence-corrected chi connectivity index (χ0v) is 16.6. The van der Waals surface area contributed by atoms with E-state index in [0.717, 1.165) is 17.2 Å². The van der Waals surface area contributed by atoms with Crippen molar-refractivity contribution in [3.63, 3.8) is 0 Å². The first-order valence-electron chi connectivity index (χ1n) is 9.31. The van der Waals surface area contributed by atoms with Gasteiger partial charge in [-0.15, -0.1) is 0 Å². The highest BCUT2D eigenvalue weighted by atomic mass is 32.2. The van der Waals surface area contributed by atoms with E-state index >= 15 is 0 Å². The molecule has 2 heterocycles. The number of aliphatic imine (C=N–C) groups is 1. The molecule has 2 atom stereocenters. The highest BCUT2D eigenvalue weighted by Crippen LogP contribution is 2.33. The van der Waals surface area contributed by atoms with Crippen LogP contribution in [0.4, 0.5) is 5.69 Å². The van der Waals surface area contributed by atoms with E-state index in [1.165, 1.54) is 0 Å². The fraction of sp³-hybridized carbons (Fsp3) is 0.333. The Morgan fingerprint density at radius 3 is 2.71 bits per heavy atom. The second-order valence-corrected chi connectivity index (χ2v) is 7.54. The number of thioether (sulfide) groups is 1.